The van der Waals surface area contributed by atoms with E-state index < -0.39 is 4.92 Å². The normalized spacial score (nSPS) is 13.6. The minimum Gasteiger partial charge on any atom is -0.331 e. The summed E-state index contributed by atoms with van der Waals surface area (Å²) < 4.78 is 0. The van der Waals surface area contributed by atoms with Crippen molar-refractivity contribution in [1.29, 1.82) is 0 Å². The van der Waals surface area contributed by atoms with E-state index >= 15 is 0 Å². The van der Waals surface area contributed by atoms with Gasteiger partial charge >= 0.3 is 0 Å². The van der Waals surface area contributed by atoms with Gasteiger partial charge in [0.15, 0.2) is 0 Å². The smallest absolute Gasteiger partial charge is 0.288 e. The van der Waals surface area contributed by atoms with Crippen molar-refractivity contribution in [2.45, 2.75) is 25.4 Å². The molecule has 0 aliphatic heterocycles. The SMILES string of the molecule is O=C(c1ccc(Cl)c([N+](=O)[O-])c1)N(Cc1ccccc1)C1CC1. The summed E-state index contributed by atoms with van der Waals surface area (Å²) in [7, 11) is 0. The third-order valence-electron chi connectivity index (χ3n) is 3.83. The van der Waals surface area contributed by atoms with Gasteiger partial charge in [-0.25, -0.2) is 0 Å². The van der Waals surface area contributed by atoms with Gasteiger partial charge < -0.3 is 4.90 Å². The highest BCUT2D eigenvalue weighted by Crippen LogP contribution is 2.31. The molecule has 1 saturated carbocycles. The van der Waals surface area contributed by atoms with Gasteiger partial charge in [0.1, 0.15) is 5.02 Å². The molecule has 2 aromatic carbocycles. The van der Waals surface area contributed by atoms with Crippen LogP contribution in [0.2, 0.25) is 5.02 Å². The largest absolute Gasteiger partial charge is 0.331 e. The Bertz CT molecular complexity index is 745. The number of carbonyl (C=O) groups is 1. The lowest BCUT2D eigenvalue weighted by molar-refractivity contribution is -0.384. The summed E-state index contributed by atoms with van der Waals surface area (Å²) in [5.74, 6) is -0.198. The van der Waals surface area contributed by atoms with Crippen LogP contribution in [0.5, 0.6) is 0 Å². The van der Waals surface area contributed by atoms with Crippen molar-refractivity contribution in [3.05, 3.63) is 74.8 Å². The van der Waals surface area contributed by atoms with Crippen LogP contribution in [0.4, 0.5) is 5.69 Å². The summed E-state index contributed by atoms with van der Waals surface area (Å²) in [6, 6.07) is 14.1. The van der Waals surface area contributed by atoms with Gasteiger partial charge in [-0.05, 0) is 30.5 Å². The topological polar surface area (TPSA) is 63.4 Å². The van der Waals surface area contributed by atoms with E-state index in [1.54, 1.807) is 4.90 Å². The van der Waals surface area contributed by atoms with Crippen LogP contribution in [0.25, 0.3) is 0 Å². The molecule has 0 saturated heterocycles. The van der Waals surface area contributed by atoms with Crippen LogP contribution in [-0.2, 0) is 6.54 Å². The van der Waals surface area contributed by atoms with Crippen LogP contribution in [-0.4, -0.2) is 21.8 Å². The Kier molecular flexibility index (Phi) is 4.30. The Hall–Kier alpha value is -2.40. The van der Waals surface area contributed by atoms with Gasteiger partial charge in [0.05, 0.1) is 4.92 Å². The highest BCUT2D eigenvalue weighted by molar-refractivity contribution is 6.32. The minimum atomic E-state index is -0.572. The quantitative estimate of drug-likeness (QED) is 0.613. The summed E-state index contributed by atoms with van der Waals surface area (Å²) in [5.41, 5.74) is 1.09. The standard InChI is InChI=1S/C17H15ClN2O3/c18-15-9-6-13(10-16(15)20(22)23)17(21)19(14-7-8-14)11-12-4-2-1-3-5-12/h1-6,9-10,14H,7-8,11H2. The number of nitro benzene ring substituents is 1. The fourth-order valence-corrected chi connectivity index (χ4v) is 2.67. The van der Waals surface area contributed by atoms with Crippen LogP contribution in [0.15, 0.2) is 48.5 Å². The zero-order valence-electron chi connectivity index (χ0n) is 12.3. The molecule has 1 aliphatic rings. The summed E-state index contributed by atoms with van der Waals surface area (Å²) in [5, 5.41) is 11.0. The number of hydrogen-bond acceptors (Lipinski definition) is 3. The van der Waals surface area contributed by atoms with E-state index in [0.29, 0.717) is 12.1 Å². The van der Waals surface area contributed by atoms with E-state index in [0.717, 1.165) is 18.4 Å². The molecule has 118 valence electrons. The molecule has 0 atom stereocenters. The van der Waals surface area contributed by atoms with Gasteiger partial charge in [0.2, 0.25) is 0 Å². The summed E-state index contributed by atoms with van der Waals surface area (Å²) in [6.07, 6.45) is 1.93. The highest BCUT2D eigenvalue weighted by atomic mass is 35.5. The molecule has 0 bridgehead atoms. The Morgan fingerprint density at radius 1 is 1.22 bits per heavy atom. The molecule has 3 rings (SSSR count). The molecule has 0 N–H and O–H groups in total. The number of amides is 1. The lowest BCUT2D eigenvalue weighted by atomic mass is 10.1. The van der Waals surface area contributed by atoms with E-state index in [4.69, 9.17) is 11.6 Å². The number of carbonyl (C=O) groups excluding carboxylic acids is 1. The Morgan fingerprint density at radius 2 is 1.91 bits per heavy atom. The van der Waals surface area contributed by atoms with Gasteiger partial charge in [-0.3, -0.25) is 14.9 Å². The maximum atomic E-state index is 12.8. The fourth-order valence-electron chi connectivity index (χ4n) is 2.48. The first-order chi connectivity index (χ1) is 11.1. The Morgan fingerprint density at radius 3 is 2.52 bits per heavy atom. The zero-order valence-corrected chi connectivity index (χ0v) is 13.1. The number of hydrogen-bond donors (Lipinski definition) is 0. The summed E-state index contributed by atoms with van der Waals surface area (Å²) in [6.45, 7) is 0.501. The lowest BCUT2D eigenvalue weighted by Crippen LogP contribution is -2.32. The first-order valence-corrected chi connectivity index (χ1v) is 7.73. The molecule has 1 aliphatic carbocycles. The predicted octanol–water partition coefficient (Wildman–Crippen LogP) is 4.05. The number of rotatable bonds is 5. The van der Waals surface area contributed by atoms with Crippen molar-refractivity contribution in [3.63, 3.8) is 0 Å². The molecule has 2 aromatic rings. The Balaban J connectivity index is 1.87. The van der Waals surface area contributed by atoms with Crippen LogP contribution >= 0.6 is 11.6 Å². The van der Waals surface area contributed by atoms with Crippen molar-refractivity contribution >= 4 is 23.2 Å². The van der Waals surface area contributed by atoms with Crippen molar-refractivity contribution in [1.82, 2.24) is 4.90 Å². The van der Waals surface area contributed by atoms with Crippen LogP contribution in [0.3, 0.4) is 0 Å². The van der Waals surface area contributed by atoms with Gasteiger partial charge in [0, 0.05) is 24.2 Å². The molecule has 5 nitrogen and oxygen atoms in total. The lowest BCUT2D eigenvalue weighted by Gasteiger charge is -2.22. The summed E-state index contributed by atoms with van der Waals surface area (Å²) >= 11 is 5.81. The fraction of sp³-hybridized carbons (Fsp3) is 0.235. The predicted molar refractivity (Wildman–Crippen MR) is 87.4 cm³/mol. The van der Waals surface area contributed by atoms with Crippen molar-refractivity contribution in [2.75, 3.05) is 0 Å². The van der Waals surface area contributed by atoms with E-state index in [9.17, 15) is 14.9 Å². The van der Waals surface area contributed by atoms with Gasteiger partial charge in [-0.1, -0.05) is 41.9 Å². The third-order valence-corrected chi connectivity index (χ3v) is 4.15. The van der Waals surface area contributed by atoms with E-state index in [1.165, 1.54) is 18.2 Å². The second-order valence-electron chi connectivity index (χ2n) is 5.57. The Labute approximate surface area is 138 Å². The van der Waals surface area contributed by atoms with E-state index in [-0.39, 0.29) is 22.7 Å². The molecule has 1 amide bonds. The van der Waals surface area contributed by atoms with Gasteiger partial charge in [-0.2, -0.15) is 0 Å². The first kappa shape index (κ1) is 15.5. The van der Waals surface area contributed by atoms with Gasteiger partial charge in [0.25, 0.3) is 11.6 Å². The molecule has 23 heavy (non-hydrogen) atoms. The third kappa shape index (κ3) is 3.51. The first-order valence-electron chi connectivity index (χ1n) is 7.35. The average molecular weight is 331 g/mol. The highest BCUT2D eigenvalue weighted by Gasteiger charge is 2.33. The maximum absolute atomic E-state index is 12.8. The molecule has 0 unspecified atom stereocenters. The zero-order chi connectivity index (χ0) is 16.4. The number of nitro groups is 1. The molecule has 0 radical (unpaired) electrons. The van der Waals surface area contributed by atoms with Crippen LogP contribution in [0, 0.1) is 10.1 Å². The molecule has 0 aromatic heterocycles. The molecular formula is C17H15ClN2O3. The van der Waals surface area contributed by atoms with Crippen molar-refractivity contribution < 1.29 is 9.72 Å². The second kappa shape index (κ2) is 6.38. The average Bonchev–Trinajstić information content (AvgIpc) is 3.38. The molecule has 1 fully saturated rings. The van der Waals surface area contributed by atoms with Crippen LogP contribution < -0.4 is 0 Å². The second-order valence-corrected chi connectivity index (χ2v) is 5.98. The molecular weight excluding hydrogens is 316 g/mol. The molecule has 0 spiro atoms. The van der Waals surface area contributed by atoms with E-state index in [2.05, 4.69) is 0 Å². The molecule has 6 heteroatoms. The maximum Gasteiger partial charge on any atom is 0.288 e. The summed E-state index contributed by atoms with van der Waals surface area (Å²) in [4.78, 5) is 25.0. The van der Waals surface area contributed by atoms with Crippen molar-refractivity contribution in [3.8, 4) is 0 Å². The number of benzene rings is 2. The molecule has 0 heterocycles. The van der Waals surface area contributed by atoms with Crippen molar-refractivity contribution in [2.24, 2.45) is 0 Å². The minimum absolute atomic E-state index is 0.0348. The van der Waals surface area contributed by atoms with E-state index in [1.807, 2.05) is 30.3 Å². The number of nitrogens with zero attached hydrogens (tertiary/aromatic N) is 2. The monoisotopic (exact) mass is 330 g/mol. The van der Waals surface area contributed by atoms with Gasteiger partial charge in [-0.15, -0.1) is 0 Å². The number of halogens is 1. The van der Waals surface area contributed by atoms with Crippen LogP contribution in [0.1, 0.15) is 28.8 Å².